The first-order chi connectivity index (χ1) is 14.0. The average molecular weight is 410 g/mol. The highest BCUT2D eigenvalue weighted by atomic mass is 32.2. The van der Waals surface area contributed by atoms with E-state index in [1.807, 2.05) is 6.92 Å². The summed E-state index contributed by atoms with van der Waals surface area (Å²) in [6.45, 7) is 1.84. The van der Waals surface area contributed by atoms with Crippen LogP contribution in [0, 0.1) is 17.6 Å². The van der Waals surface area contributed by atoms with Crippen LogP contribution in [0.4, 0.5) is 8.78 Å². The van der Waals surface area contributed by atoms with Gasteiger partial charge >= 0.3 is 0 Å². The molecular weight excluding hydrogens is 390 g/mol. The average Bonchev–Trinajstić information content (AvgIpc) is 2.74. The van der Waals surface area contributed by atoms with Gasteiger partial charge in [0.05, 0.1) is 0 Å². The normalized spacial score (nSPS) is 12.0. The maximum Gasteiger partial charge on any atom is 0.200 e. The molecular formula is C24H20F2O2S. The third kappa shape index (κ3) is 4.98. The zero-order valence-corrected chi connectivity index (χ0v) is 16.7. The maximum atomic E-state index is 13.5. The second-order valence-electron chi connectivity index (χ2n) is 6.54. The second-order valence-corrected chi connectivity index (χ2v) is 7.81. The minimum atomic E-state index is -1.02. The molecule has 0 aromatic heterocycles. The number of rotatable bonds is 7. The molecule has 0 bridgehead atoms. The Morgan fingerprint density at radius 2 is 1.28 bits per heavy atom. The predicted octanol–water partition coefficient (Wildman–Crippen LogP) is 5.88. The fraction of sp³-hybridized carbons (Fsp3) is 0.167. The van der Waals surface area contributed by atoms with Gasteiger partial charge in [-0.3, -0.25) is 9.59 Å². The predicted molar refractivity (Wildman–Crippen MR) is 112 cm³/mol. The van der Waals surface area contributed by atoms with Crippen LogP contribution in [0.1, 0.15) is 34.3 Å². The first-order valence-corrected chi connectivity index (χ1v) is 10.3. The molecule has 3 aromatic rings. The van der Waals surface area contributed by atoms with E-state index >= 15 is 0 Å². The molecule has 0 fully saturated rings. The first kappa shape index (κ1) is 20.9. The number of halogens is 2. The Labute approximate surface area is 173 Å². The molecule has 3 rings (SSSR count). The molecule has 148 valence electrons. The molecule has 2 nitrogen and oxygen atoms in total. The van der Waals surface area contributed by atoms with Crippen molar-refractivity contribution in [1.29, 1.82) is 0 Å². The van der Waals surface area contributed by atoms with Crippen LogP contribution in [-0.2, 0) is 4.79 Å². The Hall–Kier alpha value is -2.79. The summed E-state index contributed by atoms with van der Waals surface area (Å²) >= 11 is 1.08. The number of benzene rings is 3. The van der Waals surface area contributed by atoms with Crippen molar-refractivity contribution in [3.8, 4) is 0 Å². The summed E-state index contributed by atoms with van der Waals surface area (Å²) in [5.41, 5.74) is 1.67. The van der Waals surface area contributed by atoms with Crippen LogP contribution >= 0.6 is 11.8 Å². The van der Waals surface area contributed by atoms with Gasteiger partial charge in [-0.25, -0.2) is 8.78 Å². The van der Waals surface area contributed by atoms with E-state index < -0.39 is 23.5 Å². The molecule has 0 spiro atoms. The Balaban J connectivity index is 2.15. The Bertz CT molecular complexity index is 925. The fourth-order valence-corrected chi connectivity index (χ4v) is 4.03. The largest absolute Gasteiger partial charge is 0.293 e. The number of Topliss-reactive ketones (excluding diaryl/α,β-unsaturated/α-hetero) is 1. The van der Waals surface area contributed by atoms with Gasteiger partial charge in [-0.1, -0.05) is 73.3 Å². The number of carbonyl (C=O) groups is 2. The van der Waals surface area contributed by atoms with Gasteiger partial charge in [-0.15, -0.1) is 0 Å². The van der Waals surface area contributed by atoms with Gasteiger partial charge in [0, 0.05) is 11.5 Å². The van der Waals surface area contributed by atoms with E-state index in [9.17, 15) is 18.4 Å². The molecule has 0 heterocycles. The van der Waals surface area contributed by atoms with Crippen molar-refractivity contribution >= 4 is 22.7 Å². The van der Waals surface area contributed by atoms with E-state index in [0.29, 0.717) is 22.4 Å². The Kier molecular flexibility index (Phi) is 6.94. The van der Waals surface area contributed by atoms with Gasteiger partial charge in [0.2, 0.25) is 5.12 Å². The third-order valence-electron chi connectivity index (χ3n) is 4.67. The molecule has 0 saturated heterocycles. The van der Waals surface area contributed by atoms with E-state index in [2.05, 4.69) is 0 Å². The molecule has 3 aromatic carbocycles. The molecule has 0 aliphatic heterocycles. The Morgan fingerprint density at radius 1 is 0.793 bits per heavy atom. The molecule has 0 aliphatic carbocycles. The van der Waals surface area contributed by atoms with E-state index in [1.54, 1.807) is 54.6 Å². The van der Waals surface area contributed by atoms with E-state index in [-0.39, 0.29) is 10.9 Å². The highest BCUT2D eigenvalue weighted by Crippen LogP contribution is 2.37. The van der Waals surface area contributed by atoms with Gasteiger partial charge < -0.3 is 0 Å². The lowest BCUT2D eigenvalue weighted by atomic mass is 9.77. The lowest BCUT2D eigenvalue weighted by molar-refractivity contribution is -0.113. The van der Waals surface area contributed by atoms with Crippen LogP contribution < -0.4 is 0 Å². The van der Waals surface area contributed by atoms with Crippen LogP contribution in [-0.4, -0.2) is 16.7 Å². The van der Waals surface area contributed by atoms with Crippen molar-refractivity contribution in [1.82, 2.24) is 0 Å². The number of carbonyl (C=O) groups excluding carboxylic acids is 2. The standard InChI is InChI=1S/C24H20F2O2S/c1-2-29-24(28)22(23(27)18-6-4-3-5-7-18)21(16-8-12-19(25)13-9-16)17-10-14-20(26)15-11-17/h3-15,21-22H,2H2,1H3. The summed E-state index contributed by atoms with van der Waals surface area (Å²) in [4.78, 5) is 26.5. The molecule has 5 heteroatoms. The van der Waals surface area contributed by atoms with Gasteiger partial charge in [-0.2, -0.15) is 0 Å². The quantitative estimate of drug-likeness (QED) is 0.361. The van der Waals surface area contributed by atoms with Crippen molar-refractivity contribution < 1.29 is 18.4 Å². The SMILES string of the molecule is CCSC(=O)C(C(=O)c1ccccc1)C(c1ccc(F)cc1)c1ccc(F)cc1. The van der Waals surface area contributed by atoms with Crippen molar-refractivity contribution in [3.05, 3.63) is 107 Å². The van der Waals surface area contributed by atoms with Crippen LogP contribution in [0.15, 0.2) is 78.9 Å². The molecule has 0 radical (unpaired) electrons. The summed E-state index contributed by atoms with van der Waals surface area (Å²) in [6, 6.07) is 20.1. The fourth-order valence-electron chi connectivity index (χ4n) is 3.33. The summed E-state index contributed by atoms with van der Waals surface area (Å²) in [7, 11) is 0. The molecule has 1 unspecified atom stereocenters. The van der Waals surface area contributed by atoms with Gasteiger partial charge in [0.25, 0.3) is 0 Å². The van der Waals surface area contributed by atoms with Crippen molar-refractivity contribution in [2.75, 3.05) is 5.75 Å². The van der Waals surface area contributed by atoms with E-state index in [4.69, 9.17) is 0 Å². The minimum Gasteiger partial charge on any atom is -0.293 e. The highest BCUT2D eigenvalue weighted by molar-refractivity contribution is 8.13. The lowest BCUT2D eigenvalue weighted by Crippen LogP contribution is -2.30. The minimum absolute atomic E-state index is 0.264. The van der Waals surface area contributed by atoms with E-state index in [1.165, 1.54) is 24.3 Å². The molecule has 0 amide bonds. The lowest BCUT2D eigenvalue weighted by Gasteiger charge is -2.26. The molecule has 0 aliphatic rings. The number of hydrogen-bond donors (Lipinski definition) is 0. The summed E-state index contributed by atoms with van der Waals surface area (Å²) in [5, 5.41) is -0.264. The topological polar surface area (TPSA) is 34.1 Å². The molecule has 1 atom stereocenters. The van der Waals surface area contributed by atoms with Crippen molar-refractivity contribution in [3.63, 3.8) is 0 Å². The van der Waals surface area contributed by atoms with Crippen LogP contribution in [0.5, 0.6) is 0 Å². The zero-order valence-electron chi connectivity index (χ0n) is 15.8. The number of thioether (sulfide) groups is 1. The van der Waals surface area contributed by atoms with Crippen molar-refractivity contribution in [2.45, 2.75) is 12.8 Å². The smallest absolute Gasteiger partial charge is 0.200 e. The molecule has 0 N–H and O–H groups in total. The number of ketones is 1. The summed E-state index contributed by atoms with van der Waals surface area (Å²) in [5.74, 6) is -2.28. The van der Waals surface area contributed by atoms with Crippen LogP contribution in [0.2, 0.25) is 0 Å². The second kappa shape index (κ2) is 9.61. The zero-order chi connectivity index (χ0) is 20.8. The number of hydrogen-bond acceptors (Lipinski definition) is 3. The van der Waals surface area contributed by atoms with Crippen LogP contribution in [0.3, 0.4) is 0 Å². The summed E-state index contributed by atoms with van der Waals surface area (Å²) in [6.07, 6.45) is 0. The van der Waals surface area contributed by atoms with Gasteiger partial charge in [0.1, 0.15) is 17.6 Å². The maximum absolute atomic E-state index is 13.5. The van der Waals surface area contributed by atoms with Crippen LogP contribution in [0.25, 0.3) is 0 Å². The molecule has 29 heavy (non-hydrogen) atoms. The van der Waals surface area contributed by atoms with E-state index in [0.717, 1.165) is 11.8 Å². The monoisotopic (exact) mass is 410 g/mol. The summed E-state index contributed by atoms with van der Waals surface area (Å²) < 4.78 is 27.0. The van der Waals surface area contributed by atoms with Gasteiger partial charge in [-0.05, 0) is 41.1 Å². The highest BCUT2D eigenvalue weighted by Gasteiger charge is 2.37. The van der Waals surface area contributed by atoms with Crippen molar-refractivity contribution in [2.24, 2.45) is 5.92 Å². The first-order valence-electron chi connectivity index (χ1n) is 9.28. The Morgan fingerprint density at radius 3 is 1.72 bits per heavy atom. The van der Waals surface area contributed by atoms with Gasteiger partial charge in [0.15, 0.2) is 5.78 Å². The molecule has 0 saturated carbocycles. The third-order valence-corrected chi connectivity index (χ3v) is 5.50.